The Morgan fingerprint density at radius 3 is 2.69 bits per heavy atom. The van der Waals surface area contributed by atoms with Crippen molar-refractivity contribution in [3.63, 3.8) is 0 Å². The molecular formula is C23H25NO4S. The number of nitrogens with zero attached hydrogens (tertiary/aromatic N) is 1. The first-order chi connectivity index (χ1) is 14.2. The second-order valence-electron chi connectivity index (χ2n) is 7.02. The lowest BCUT2D eigenvalue weighted by molar-refractivity contribution is 0.104. The molecule has 0 saturated carbocycles. The topological polar surface area (TPSA) is 48.0 Å². The summed E-state index contributed by atoms with van der Waals surface area (Å²) in [6.07, 6.45) is 3.46. The van der Waals surface area contributed by atoms with Crippen molar-refractivity contribution < 1.29 is 19.0 Å². The number of thioether (sulfide) groups is 1. The van der Waals surface area contributed by atoms with Crippen LogP contribution in [0.25, 0.3) is 6.08 Å². The quantitative estimate of drug-likeness (QED) is 0.531. The number of fused-ring (bicyclic) bond motifs is 1. The molecule has 29 heavy (non-hydrogen) atoms. The molecule has 0 unspecified atom stereocenters. The molecule has 6 heteroatoms. The number of carbonyl (C=O) groups is 1. The number of hydrogen-bond donors (Lipinski definition) is 0. The Kier molecular flexibility index (Phi) is 6.42. The van der Waals surface area contributed by atoms with E-state index < -0.39 is 0 Å². The molecule has 0 N–H and O–H groups in total. The van der Waals surface area contributed by atoms with Crippen molar-refractivity contribution in [1.29, 1.82) is 0 Å². The SMILES string of the molecule is COc1ccc(/C=C/C(=O)c2ccc3c(c2)OCCO3)cc1CN1CCSCC1. The Morgan fingerprint density at radius 2 is 1.90 bits per heavy atom. The predicted molar refractivity (Wildman–Crippen MR) is 116 cm³/mol. The first kappa shape index (κ1) is 19.9. The predicted octanol–water partition coefficient (Wildman–Crippen LogP) is 3.91. The lowest BCUT2D eigenvalue weighted by atomic mass is 10.1. The van der Waals surface area contributed by atoms with Gasteiger partial charge in [0.15, 0.2) is 17.3 Å². The van der Waals surface area contributed by atoms with Crippen molar-refractivity contribution in [1.82, 2.24) is 4.90 Å². The van der Waals surface area contributed by atoms with Gasteiger partial charge in [-0.3, -0.25) is 9.69 Å². The summed E-state index contributed by atoms with van der Waals surface area (Å²) < 4.78 is 16.6. The van der Waals surface area contributed by atoms with Crippen molar-refractivity contribution in [3.05, 3.63) is 59.2 Å². The van der Waals surface area contributed by atoms with Gasteiger partial charge in [-0.05, 0) is 42.0 Å². The normalized spacial score (nSPS) is 16.7. The Balaban J connectivity index is 1.48. The molecule has 2 aliphatic rings. The molecule has 5 nitrogen and oxygen atoms in total. The fraction of sp³-hybridized carbons (Fsp3) is 0.348. The van der Waals surface area contributed by atoms with Crippen molar-refractivity contribution in [3.8, 4) is 17.2 Å². The molecule has 1 fully saturated rings. The molecule has 0 aromatic heterocycles. The molecule has 2 aliphatic heterocycles. The smallest absolute Gasteiger partial charge is 0.185 e. The summed E-state index contributed by atoms with van der Waals surface area (Å²) in [7, 11) is 1.70. The molecule has 0 radical (unpaired) electrons. The van der Waals surface area contributed by atoms with Crippen LogP contribution in [0.15, 0.2) is 42.5 Å². The molecule has 152 valence electrons. The first-order valence-electron chi connectivity index (χ1n) is 9.82. The number of benzene rings is 2. The third-order valence-electron chi connectivity index (χ3n) is 5.06. The van der Waals surface area contributed by atoms with E-state index in [1.165, 1.54) is 11.5 Å². The highest BCUT2D eigenvalue weighted by molar-refractivity contribution is 7.99. The van der Waals surface area contributed by atoms with Gasteiger partial charge in [0.2, 0.25) is 0 Å². The molecule has 0 spiro atoms. The van der Waals surface area contributed by atoms with Crippen LogP contribution in [0.3, 0.4) is 0 Å². The molecule has 2 heterocycles. The van der Waals surface area contributed by atoms with E-state index in [2.05, 4.69) is 11.0 Å². The first-order valence-corrected chi connectivity index (χ1v) is 11.0. The van der Waals surface area contributed by atoms with Gasteiger partial charge in [-0.2, -0.15) is 11.8 Å². The van der Waals surface area contributed by atoms with Crippen LogP contribution in [-0.2, 0) is 6.54 Å². The third kappa shape index (κ3) is 4.95. The van der Waals surface area contributed by atoms with E-state index in [-0.39, 0.29) is 5.78 Å². The summed E-state index contributed by atoms with van der Waals surface area (Å²) >= 11 is 2.00. The number of allylic oxidation sites excluding steroid dienone is 1. The molecule has 0 amide bonds. The fourth-order valence-electron chi connectivity index (χ4n) is 3.49. The minimum Gasteiger partial charge on any atom is -0.496 e. The number of rotatable bonds is 6. The highest BCUT2D eigenvalue weighted by Crippen LogP contribution is 2.31. The van der Waals surface area contributed by atoms with Crippen LogP contribution in [0.4, 0.5) is 0 Å². The van der Waals surface area contributed by atoms with Gasteiger partial charge < -0.3 is 14.2 Å². The van der Waals surface area contributed by atoms with Gasteiger partial charge in [0.05, 0.1) is 7.11 Å². The summed E-state index contributed by atoms with van der Waals surface area (Å²) in [6.45, 7) is 4.09. The van der Waals surface area contributed by atoms with Crippen molar-refractivity contribution in [2.24, 2.45) is 0 Å². The van der Waals surface area contributed by atoms with Gasteiger partial charge in [-0.25, -0.2) is 0 Å². The van der Waals surface area contributed by atoms with E-state index in [1.54, 1.807) is 31.4 Å². The second kappa shape index (κ2) is 9.37. The zero-order valence-corrected chi connectivity index (χ0v) is 17.4. The number of hydrogen-bond acceptors (Lipinski definition) is 6. The second-order valence-corrected chi connectivity index (χ2v) is 8.24. The zero-order valence-electron chi connectivity index (χ0n) is 16.6. The van der Waals surface area contributed by atoms with Crippen molar-refractivity contribution in [2.75, 3.05) is 44.9 Å². The van der Waals surface area contributed by atoms with E-state index >= 15 is 0 Å². The van der Waals surface area contributed by atoms with E-state index in [1.807, 2.05) is 30.0 Å². The molecule has 0 bridgehead atoms. The summed E-state index contributed by atoms with van der Waals surface area (Å²) in [5.41, 5.74) is 2.72. The Morgan fingerprint density at radius 1 is 1.10 bits per heavy atom. The minimum atomic E-state index is -0.0626. The standard InChI is InChI=1S/C23H25NO4S/c1-26-21-6-3-17(14-19(21)16-24-8-12-29-13-9-24)2-5-20(25)18-4-7-22-23(15-18)28-11-10-27-22/h2-7,14-15H,8-13,16H2,1H3/b5-2+. The van der Waals surface area contributed by atoms with Crippen molar-refractivity contribution in [2.45, 2.75) is 6.54 Å². The largest absolute Gasteiger partial charge is 0.496 e. The molecule has 0 atom stereocenters. The minimum absolute atomic E-state index is 0.0626. The highest BCUT2D eigenvalue weighted by Gasteiger charge is 2.15. The van der Waals surface area contributed by atoms with Crippen LogP contribution < -0.4 is 14.2 Å². The lowest BCUT2D eigenvalue weighted by Gasteiger charge is -2.26. The van der Waals surface area contributed by atoms with Crippen molar-refractivity contribution >= 4 is 23.6 Å². The maximum atomic E-state index is 12.6. The van der Waals surface area contributed by atoms with Crippen LogP contribution in [0.5, 0.6) is 17.2 Å². The molecule has 0 aliphatic carbocycles. The summed E-state index contributed by atoms with van der Waals surface area (Å²) in [4.78, 5) is 15.1. The monoisotopic (exact) mass is 411 g/mol. The average molecular weight is 412 g/mol. The zero-order chi connectivity index (χ0) is 20.1. The van der Waals surface area contributed by atoms with Gasteiger partial charge in [-0.15, -0.1) is 0 Å². The van der Waals surface area contributed by atoms with E-state index in [0.717, 1.165) is 36.5 Å². The summed E-state index contributed by atoms with van der Waals surface area (Å²) in [5, 5.41) is 0. The van der Waals surface area contributed by atoms with Gasteiger partial charge in [0.25, 0.3) is 0 Å². The molecule has 1 saturated heterocycles. The van der Waals surface area contributed by atoms with Crippen LogP contribution in [0, 0.1) is 0 Å². The fourth-order valence-corrected chi connectivity index (χ4v) is 4.47. The average Bonchev–Trinajstić information content (AvgIpc) is 2.78. The third-order valence-corrected chi connectivity index (χ3v) is 6.00. The van der Waals surface area contributed by atoms with Crippen LogP contribution in [0.2, 0.25) is 0 Å². The Labute approximate surface area is 175 Å². The maximum Gasteiger partial charge on any atom is 0.185 e. The maximum absolute atomic E-state index is 12.6. The van der Waals surface area contributed by atoms with Crippen LogP contribution in [0.1, 0.15) is 21.5 Å². The molecular weight excluding hydrogens is 386 g/mol. The molecule has 2 aromatic rings. The van der Waals surface area contributed by atoms with Crippen LogP contribution >= 0.6 is 11.8 Å². The number of carbonyl (C=O) groups excluding carboxylic acids is 1. The Hall–Kier alpha value is -2.44. The summed E-state index contributed by atoms with van der Waals surface area (Å²) in [5.74, 6) is 4.48. The van der Waals surface area contributed by atoms with Gasteiger partial charge in [0.1, 0.15) is 19.0 Å². The number of methoxy groups -OCH3 is 1. The lowest BCUT2D eigenvalue weighted by Crippen LogP contribution is -2.32. The summed E-state index contributed by atoms with van der Waals surface area (Å²) in [6, 6.07) is 11.4. The molecule has 2 aromatic carbocycles. The number of ether oxygens (including phenoxy) is 3. The Bertz CT molecular complexity index is 906. The van der Waals surface area contributed by atoms with E-state index in [0.29, 0.717) is 30.3 Å². The van der Waals surface area contributed by atoms with E-state index in [9.17, 15) is 4.79 Å². The number of ketones is 1. The highest BCUT2D eigenvalue weighted by atomic mass is 32.2. The van der Waals surface area contributed by atoms with Crippen LogP contribution in [-0.4, -0.2) is 55.6 Å². The van der Waals surface area contributed by atoms with Gasteiger partial charge >= 0.3 is 0 Å². The van der Waals surface area contributed by atoms with E-state index in [4.69, 9.17) is 14.2 Å². The van der Waals surface area contributed by atoms with Gasteiger partial charge in [0, 0.05) is 42.3 Å². The molecule has 4 rings (SSSR count). The van der Waals surface area contributed by atoms with Gasteiger partial charge in [-0.1, -0.05) is 12.1 Å².